The van der Waals surface area contributed by atoms with Crippen LogP contribution in [0.15, 0.2) is 23.1 Å². The maximum Gasteiger partial charge on any atom is 0.240 e. The molecule has 1 aliphatic carbocycles. The van der Waals surface area contributed by atoms with Crippen LogP contribution < -0.4 is 4.72 Å². The van der Waals surface area contributed by atoms with Gasteiger partial charge in [-0.05, 0) is 43.9 Å². The lowest BCUT2D eigenvalue weighted by Gasteiger charge is -2.25. The molecule has 19 heavy (non-hydrogen) atoms. The summed E-state index contributed by atoms with van der Waals surface area (Å²) in [6.07, 6.45) is 2.78. The van der Waals surface area contributed by atoms with Crippen molar-refractivity contribution in [2.75, 3.05) is 0 Å². The molecule has 0 atom stereocenters. The molecule has 0 spiro atoms. The Labute approximate surface area is 116 Å². The molecule has 1 aromatic carbocycles. The quantitative estimate of drug-likeness (QED) is 0.873. The van der Waals surface area contributed by atoms with Crippen LogP contribution in [0.5, 0.6) is 0 Å². The smallest absolute Gasteiger partial charge is 0.208 e. The topological polar surface area (TPSA) is 46.2 Å². The van der Waals surface area contributed by atoms with E-state index in [4.69, 9.17) is 11.6 Å². The van der Waals surface area contributed by atoms with Crippen molar-refractivity contribution in [1.82, 2.24) is 4.72 Å². The number of nitrogens with one attached hydrogen (secondary N) is 1. The minimum absolute atomic E-state index is 0.0871. The van der Waals surface area contributed by atoms with E-state index in [0.29, 0.717) is 18.9 Å². The molecule has 0 aliphatic heterocycles. The molecule has 1 fully saturated rings. The van der Waals surface area contributed by atoms with Crippen molar-refractivity contribution in [2.45, 2.75) is 42.0 Å². The summed E-state index contributed by atoms with van der Waals surface area (Å²) in [5.74, 6) is -2.24. The van der Waals surface area contributed by atoms with Crippen LogP contribution in [-0.4, -0.2) is 19.8 Å². The van der Waals surface area contributed by atoms with E-state index in [-0.39, 0.29) is 16.3 Å². The molecular formula is C12H14ClF2NO2S. The van der Waals surface area contributed by atoms with Gasteiger partial charge in [-0.15, -0.1) is 11.6 Å². The highest BCUT2D eigenvalue weighted by atomic mass is 35.5. The summed E-state index contributed by atoms with van der Waals surface area (Å²) < 4.78 is 52.4. The van der Waals surface area contributed by atoms with E-state index in [1.165, 1.54) is 0 Å². The molecule has 106 valence electrons. The first-order chi connectivity index (χ1) is 8.88. The average molecular weight is 310 g/mol. The zero-order valence-electron chi connectivity index (χ0n) is 10.1. The third-order valence-electron chi connectivity index (χ3n) is 3.18. The fourth-order valence-electron chi connectivity index (χ4n) is 2.10. The van der Waals surface area contributed by atoms with Crippen LogP contribution in [0.4, 0.5) is 8.78 Å². The number of hydrogen-bond acceptors (Lipinski definition) is 2. The van der Waals surface area contributed by atoms with Crippen LogP contribution in [-0.2, 0) is 10.0 Å². The molecule has 0 saturated heterocycles. The Morgan fingerprint density at radius 2 is 1.74 bits per heavy atom. The summed E-state index contributed by atoms with van der Waals surface area (Å²) in [4.78, 5) is -0.264. The SMILES string of the molecule is O=S(=O)(NC1CCC(Cl)CC1)c1ccc(F)c(F)c1. The Morgan fingerprint density at radius 1 is 1.11 bits per heavy atom. The minimum atomic E-state index is -3.82. The Morgan fingerprint density at radius 3 is 2.32 bits per heavy atom. The molecule has 0 unspecified atom stereocenters. The summed E-state index contributed by atoms with van der Waals surface area (Å²) in [6.45, 7) is 0. The van der Waals surface area contributed by atoms with Crippen molar-refractivity contribution in [1.29, 1.82) is 0 Å². The van der Waals surface area contributed by atoms with Crippen molar-refractivity contribution in [2.24, 2.45) is 0 Å². The van der Waals surface area contributed by atoms with Crippen molar-refractivity contribution >= 4 is 21.6 Å². The second kappa shape index (κ2) is 5.73. The van der Waals surface area contributed by atoms with Gasteiger partial charge in [0.15, 0.2) is 11.6 Å². The molecule has 0 aromatic heterocycles. The summed E-state index contributed by atoms with van der Waals surface area (Å²) >= 11 is 5.94. The van der Waals surface area contributed by atoms with Crippen LogP contribution in [0, 0.1) is 11.6 Å². The van der Waals surface area contributed by atoms with Gasteiger partial charge in [0.2, 0.25) is 10.0 Å². The summed E-state index contributed by atoms with van der Waals surface area (Å²) in [5, 5.41) is 0.0871. The Bertz CT molecular complexity index is 557. The maximum atomic E-state index is 13.1. The molecular weight excluding hydrogens is 296 g/mol. The van der Waals surface area contributed by atoms with Gasteiger partial charge in [-0.25, -0.2) is 21.9 Å². The molecule has 7 heteroatoms. The number of halogens is 3. The molecule has 1 aliphatic rings. The monoisotopic (exact) mass is 309 g/mol. The van der Waals surface area contributed by atoms with Crippen molar-refractivity contribution in [3.63, 3.8) is 0 Å². The van der Waals surface area contributed by atoms with Crippen LogP contribution in [0.2, 0.25) is 0 Å². The van der Waals surface area contributed by atoms with Gasteiger partial charge in [-0.2, -0.15) is 0 Å². The van der Waals surface area contributed by atoms with E-state index in [1.807, 2.05) is 0 Å². The number of benzene rings is 1. The van der Waals surface area contributed by atoms with E-state index in [2.05, 4.69) is 4.72 Å². The molecule has 0 radical (unpaired) electrons. The second-order valence-electron chi connectivity index (χ2n) is 4.65. The molecule has 1 saturated carbocycles. The van der Waals surface area contributed by atoms with Crippen LogP contribution in [0.3, 0.4) is 0 Å². The summed E-state index contributed by atoms with van der Waals surface area (Å²) in [5.41, 5.74) is 0. The van der Waals surface area contributed by atoms with Crippen molar-refractivity contribution in [3.8, 4) is 0 Å². The first kappa shape index (κ1) is 14.7. The lowest BCUT2D eigenvalue weighted by atomic mass is 9.96. The second-order valence-corrected chi connectivity index (χ2v) is 6.98. The highest BCUT2D eigenvalue weighted by Crippen LogP contribution is 2.24. The number of sulfonamides is 1. The third kappa shape index (κ3) is 3.64. The normalized spacial score (nSPS) is 24.4. The highest BCUT2D eigenvalue weighted by molar-refractivity contribution is 7.89. The molecule has 0 amide bonds. The maximum absolute atomic E-state index is 13.1. The van der Waals surface area contributed by atoms with Crippen molar-refractivity contribution < 1.29 is 17.2 Å². The predicted octanol–water partition coefficient (Wildman–Crippen LogP) is 2.79. The molecule has 3 nitrogen and oxygen atoms in total. The van der Waals surface area contributed by atoms with Gasteiger partial charge in [0.1, 0.15) is 0 Å². The van der Waals surface area contributed by atoms with E-state index >= 15 is 0 Å². The van der Waals surface area contributed by atoms with Crippen LogP contribution >= 0.6 is 11.6 Å². The van der Waals surface area contributed by atoms with E-state index < -0.39 is 21.7 Å². The largest absolute Gasteiger partial charge is 0.240 e. The Hall–Kier alpha value is -0.720. The minimum Gasteiger partial charge on any atom is -0.208 e. The zero-order chi connectivity index (χ0) is 14.0. The van der Waals surface area contributed by atoms with Gasteiger partial charge >= 0.3 is 0 Å². The molecule has 1 aromatic rings. The average Bonchev–Trinajstić information content (AvgIpc) is 2.35. The van der Waals surface area contributed by atoms with Crippen LogP contribution in [0.1, 0.15) is 25.7 Å². The molecule has 1 N–H and O–H groups in total. The number of hydrogen-bond donors (Lipinski definition) is 1. The third-order valence-corrected chi connectivity index (χ3v) is 5.13. The van der Waals surface area contributed by atoms with Gasteiger partial charge in [0.05, 0.1) is 4.90 Å². The van der Waals surface area contributed by atoms with Gasteiger partial charge in [-0.1, -0.05) is 0 Å². The van der Waals surface area contributed by atoms with Gasteiger partial charge in [-0.3, -0.25) is 0 Å². The fourth-order valence-corrected chi connectivity index (χ4v) is 3.67. The number of alkyl halides is 1. The predicted molar refractivity (Wildman–Crippen MR) is 68.6 cm³/mol. The lowest BCUT2D eigenvalue weighted by Crippen LogP contribution is -2.37. The Balaban J connectivity index is 2.11. The summed E-state index contributed by atoms with van der Waals surface area (Å²) in [7, 11) is -3.82. The number of rotatable bonds is 3. The molecule has 0 bridgehead atoms. The highest BCUT2D eigenvalue weighted by Gasteiger charge is 2.25. The van der Waals surface area contributed by atoms with Crippen LogP contribution in [0.25, 0.3) is 0 Å². The van der Waals surface area contributed by atoms with E-state index in [9.17, 15) is 17.2 Å². The molecule has 0 heterocycles. The Kier molecular flexibility index (Phi) is 4.43. The fraction of sp³-hybridized carbons (Fsp3) is 0.500. The molecule has 2 rings (SSSR count). The van der Waals surface area contributed by atoms with E-state index in [0.717, 1.165) is 25.0 Å². The summed E-state index contributed by atoms with van der Waals surface area (Å²) in [6, 6.07) is 2.34. The van der Waals surface area contributed by atoms with E-state index in [1.54, 1.807) is 0 Å². The van der Waals surface area contributed by atoms with Gasteiger partial charge < -0.3 is 0 Å². The lowest BCUT2D eigenvalue weighted by molar-refractivity contribution is 0.416. The van der Waals surface area contributed by atoms with Gasteiger partial charge in [0.25, 0.3) is 0 Å². The zero-order valence-corrected chi connectivity index (χ0v) is 11.6. The first-order valence-corrected chi connectivity index (χ1v) is 7.92. The van der Waals surface area contributed by atoms with Crippen molar-refractivity contribution in [3.05, 3.63) is 29.8 Å². The standard InChI is InChI=1S/C12H14ClF2NO2S/c13-8-1-3-9(4-2-8)16-19(17,18)10-5-6-11(14)12(15)7-10/h5-9,16H,1-4H2. The first-order valence-electron chi connectivity index (χ1n) is 6.00. The van der Waals surface area contributed by atoms with Gasteiger partial charge in [0, 0.05) is 11.4 Å².